The van der Waals surface area contributed by atoms with Gasteiger partial charge in [-0.3, -0.25) is 4.79 Å². The Morgan fingerprint density at radius 3 is 2.79 bits per heavy atom. The van der Waals surface area contributed by atoms with Gasteiger partial charge in [-0.25, -0.2) is 0 Å². The molecule has 1 amide bonds. The maximum Gasteiger partial charge on any atom is 0.237 e. The number of unbranched alkanes of at least 4 members (excludes halogenated alkanes) is 1. The molecule has 0 aromatic heterocycles. The van der Waals surface area contributed by atoms with E-state index in [9.17, 15) is 4.79 Å². The SMILES string of the molecule is CCCCC(N)C(=O)NC1CC(O)C1. The highest BCUT2D eigenvalue weighted by molar-refractivity contribution is 5.81. The quantitative estimate of drug-likeness (QED) is 0.591. The Hall–Kier alpha value is -0.610. The topological polar surface area (TPSA) is 75.4 Å². The number of rotatable bonds is 5. The summed E-state index contributed by atoms with van der Waals surface area (Å²) in [6, 6.07) is -0.238. The molecule has 1 atom stereocenters. The zero-order valence-electron chi connectivity index (χ0n) is 8.70. The molecule has 82 valence electrons. The van der Waals surface area contributed by atoms with Gasteiger partial charge in [0.15, 0.2) is 0 Å². The molecule has 1 fully saturated rings. The van der Waals surface area contributed by atoms with Gasteiger partial charge in [-0.15, -0.1) is 0 Å². The Bertz CT molecular complexity index is 191. The highest BCUT2D eigenvalue weighted by Crippen LogP contribution is 2.19. The summed E-state index contributed by atoms with van der Waals surface area (Å²) in [4.78, 5) is 11.4. The summed E-state index contributed by atoms with van der Waals surface area (Å²) in [5.74, 6) is -0.0737. The van der Waals surface area contributed by atoms with E-state index in [1.54, 1.807) is 0 Å². The Kier molecular flexibility index (Phi) is 4.35. The fraction of sp³-hybridized carbons (Fsp3) is 0.900. The van der Waals surface area contributed by atoms with Crippen molar-refractivity contribution in [2.24, 2.45) is 5.73 Å². The molecule has 14 heavy (non-hydrogen) atoms. The molecule has 0 spiro atoms. The molecule has 4 nitrogen and oxygen atoms in total. The Morgan fingerprint density at radius 2 is 2.29 bits per heavy atom. The van der Waals surface area contributed by atoms with E-state index < -0.39 is 0 Å². The van der Waals surface area contributed by atoms with Crippen molar-refractivity contribution in [2.75, 3.05) is 0 Å². The maximum atomic E-state index is 11.4. The molecule has 4 heteroatoms. The van der Waals surface area contributed by atoms with E-state index in [1.807, 2.05) is 0 Å². The second-order valence-corrected chi connectivity index (χ2v) is 4.08. The third-order valence-corrected chi connectivity index (χ3v) is 2.67. The van der Waals surface area contributed by atoms with E-state index in [0.717, 1.165) is 19.3 Å². The average molecular weight is 200 g/mol. The van der Waals surface area contributed by atoms with Crippen molar-refractivity contribution in [2.45, 2.75) is 57.2 Å². The molecule has 1 rings (SSSR count). The summed E-state index contributed by atoms with van der Waals surface area (Å²) in [6.45, 7) is 2.08. The lowest BCUT2D eigenvalue weighted by atomic mass is 9.89. The van der Waals surface area contributed by atoms with Crippen LogP contribution in [0.5, 0.6) is 0 Å². The van der Waals surface area contributed by atoms with Crippen molar-refractivity contribution >= 4 is 5.91 Å². The van der Waals surface area contributed by atoms with Gasteiger partial charge < -0.3 is 16.2 Å². The van der Waals surface area contributed by atoms with E-state index in [-0.39, 0.29) is 24.1 Å². The fourth-order valence-corrected chi connectivity index (χ4v) is 1.57. The van der Waals surface area contributed by atoms with Crippen LogP contribution in [0.3, 0.4) is 0 Å². The minimum Gasteiger partial charge on any atom is -0.393 e. The summed E-state index contributed by atoms with van der Waals surface area (Å²) in [6.07, 6.45) is 3.91. The molecule has 1 unspecified atom stereocenters. The highest BCUT2D eigenvalue weighted by Gasteiger charge is 2.29. The molecule has 0 heterocycles. The zero-order valence-corrected chi connectivity index (χ0v) is 8.70. The molecule has 4 N–H and O–H groups in total. The van der Waals surface area contributed by atoms with Crippen LogP contribution in [0.25, 0.3) is 0 Å². The molecule has 0 saturated heterocycles. The molecule has 1 aliphatic rings. The summed E-state index contributed by atoms with van der Waals surface area (Å²) >= 11 is 0. The summed E-state index contributed by atoms with van der Waals surface area (Å²) in [5, 5.41) is 11.9. The van der Waals surface area contributed by atoms with Crippen molar-refractivity contribution in [1.82, 2.24) is 5.32 Å². The number of carbonyl (C=O) groups is 1. The summed E-state index contributed by atoms with van der Waals surface area (Å²) in [7, 11) is 0. The highest BCUT2D eigenvalue weighted by atomic mass is 16.3. The number of nitrogens with two attached hydrogens (primary N) is 1. The van der Waals surface area contributed by atoms with Gasteiger partial charge in [0.25, 0.3) is 0 Å². The first-order valence-corrected chi connectivity index (χ1v) is 5.37. The molecule has 0 aromatic carbocycles. The average Bonchev–Trinajstić information content (AvgIpc) is 2.11. The maximum absolute atomic E-state index is 11.4. The number of hydrogen-bond acceptors (Lipinski definition) is 3. The predicted octanol–water partition coefficient (Wildman–Crippen LogP) is 0.143. The van der Waals surface area contributed by atoms with Crippen LogP contribution in [0.15, 0.2) is 0 Å². The van der Waals surface area contributed by atoms with Gasteiger partial charge in [-0.2, -0.15) is 0 Å². The molecule has 0 bridgehead atoms. The fourth-order valence-electron chi connectivity index (χ4n) is 1.57. The third kappa shape index (κ3) is 3.27. The molecule has 0 radical (unpaired) electrons. The minimum absolute atomic E-state index is 0.0737. The second kappa shape index (κ2) is 5.32. The lowest BCUT2D eigenvalue weighted by Crippen LogP contribution is -2.51. The Labute approximate surface area is 84.9 Å². The first-order valence-electron chi connectivity index (χ1n) is 5.37. The van der Waals surface area contributed by atoms with Gasteiger partial charge in [-0.1, -0.05) is 19.8 Å². The Morgan fingerprint density at radius 1 is 1.64 bits per heavy atom. The van der Waals surface area contributed by atoms with Crippen molar-refractivity contribution < 1.29 is 9.90 Å². The zero-order chi connectivity index (χ0) is 10.6. The van der Waals surface area contributed by atoms with Gasteiger partial charge >= 0.3 is 0 Å². The molecule has 0 aromatic rings. The van der Waals surface area contributed by atoms with Crippen LogP contribution in [-0.4, -0.2) is 29.2 Å². The standard InChI is InChI=1S/C10H20N2O2/c1-2-3-4-9(11)10(14)12-7-5-8(13)6-7/h7-9,13H,2-6,11H2,1H3,(H,12,14). The molecular formula is C10H20N2O2. The number of hydrogen-bond donors (Lipinski definition) is 3. The van der Waals surface area contributed by atoms with Crippen molar-refractivity contribution in [1.29, 1.82) is 0 Å². The van der Waals surface area contributed by atoms with Gasteiger partial charge in [0.1, 0.15) is 0 Å². The summed E-state index contributed by atoms with van der Waals surface area (Å²) in [5.41, 5.74) is 5.69. The smallest absolute Gasteiger partial charge is 0.237 e. The van der Waals surface area contributed by atoms with E-state index >= 15 is 0 Å². The van der Waals surface area contributed by atoms with Crippen LogP contribution >= 0.6 is 0 Å². The van der Waals surface area contributed by atoms with Crippen LogP contribution < -0.4 is 11.1 Å². The van der Waals surface area contributed by atoms with Gasteiger partial charge in [0, 0.05) is 6.04 Å². The lowest BCUT2D eigenvalue weighted by molar-refractivity contribution is -0.124. The number of aliphatic hydroxyl groups is 1. The number of amides is 1. The van der Waals surface area contributed by atoms with E-state index in [4.69, 9.17) is 10.8 Å². The van der Waals surface area contributed by atoms with E-state index in [0.29, 0.717) is 12.8 Å². The molecule has 1 aliphatic carbocycles. The first kappa shape index (κ1) is 11.5. The van der Waals surface area contributed by atoms with Gasteiger partial charge in [-0.05, 0) is 19.3 Å². The van der Waals surface area contributed by atoms with Crippen molar-refractivity contribution in [3.05, 3.63) is 0 Å². The first-order chi connectivity index (χ1) is 6.63. The molecular weight excluding hydrogens is 180 g/mol. The van der Waals surface area contributed by atoms with Crippen LogP contribution in [0.2, 0.25) is 0 Å². The monoisotopic (exact) mass is 200 g/mol. The van der Waals surface area contributed by atoms with Crippen molar-refractivity contribution in [3.8, 4) is 0 Å². The lowest BCUT2D eigenvalue weighted by Gasteiger charge is -2.32. The largest absolute Gasteiger partial charge is 0.393 e. The predicted molar refractivity (Wildman–Crippen MR) is 54.7 cm³/mol. The Balaban J connectivity index is 2.14. The van der Waals surface area contributed by atoms with Crippen LogP contribution in [0.4, 0.5) is 0 Å². The van der Waals surface area contributed by atoms with E-state index in [1.165, 1.54) is 0 Å². The van der Waals surface area contributed by atoms with E-state index in [2.05, 4.69) is 12.2 Å². The molecule has 0 aliphatic heterocycles. The third-order valence-electron chi connectivity index (χ3n) is 2.67. The summed E-state index contributed by atoms with van der Waals surface area (Å²) < 4.78 is 0. The number of nitrogens with one attached hydrogen (secondary N) is 1. The minimum atomic E-state index is -0.382. The second-order valence-electron chi connectivity index (χ2n) is 4.08. The normalized spacial score (nSPS) is 27.9. The van der Waals surface area contributed by atoms with Crippen molar-refractivity contribution in [3.63, 3.8) is 0 Å². The van der Waals surface area contributed by atoms with Crippen LogP contribution in [0, 0.1) is 0 Å². The van der Waals surface area contributed by atoms with Crippen LogP contribution in [0.1, 0.15) is 39.0 Å². The van der Waals surface area contributed by atoms with Crippen LogP contribution in [-0.2, 0) is 4.79 Å². The number of aliphatic hydroxyl groups excluding tert-OH is 1. The number of carbonyl (C=O) groups excluding carboxylic acids is 1. The molecule has 1 saturated carbocycles. The van der Waals surface area contributed by atoms with Gasteiger partial charge in [0.2, 0.25) is 5.91 Å². The van der Waals surface area contributed by atoms with Gasteiger partial charge in [0.05, 0.1) is 12.1 Å².